The molecule has 98 valence electrons. The molecule has 0 radical (unpaired) electrons. The van der Waals surface area contributed by atoms with Gasteiger partial charge in [-0.05, 0) is 25.1 Å². The van der Waals surface area contributed by atoms with E-state index < -0.39 is 0 Å². The molecule has 6 nitrogen and oxygen atoms in total. The Bertz CT molecular complexity index is 446. The second-order valence-corrected chi connectivity index (χ2v) is 3.59. The van der Waals surface area contributed by atoms with E-state index in [1.807, 2.05) is 6.92 Å². The van der Waals surface area contributed by atoms with Crippen LogP contribution < -0.4 is 21.1 Å². The number of carbonyl (C=O) groups is 2. The van der Waals surface area contributed by atoms with Crippen LogP contribution in [-0.4, -0.2) is 32.0 Å². The first-order chi connectivity index (χ1) is 8.58. The fraction of sp³-hybridized carbons (Fsp3) is 0.333. The van der Waals surface area contributed by atoms with Gasteiger partial charge in [0.05, 0.1) is 19.3 Å². The third kappa shape index (κ3) is 3.65. The van der Waals surface area contributed by atoms with Gasteiger partial charge < -0.3 is 21.1 Å². The lowest BCUT2D eigenvalue weighted by atomic mass is 10.2. The van der Waals surface area contributed by atoms with Crippen molar-refractivity contribution in [3.8, 4) is 5.75 Å². The summed E-state index contributed by atoms with van der Waals surface area (Å²) in [6.07, 6.45) is 0. The molecular weight excluding hydrogens is 234 g/mol. The van der Waals surface area contributed by atoms with Crippen LogP contribution in [0.2, 0.25) is 0 Å². The smallest absolute Gasteiger partial charge is 0.251 e. The molecule has 4 N–H and O–H groups in total. The molecule has 0 bridgehead atoms. The van der Waals surface area contributed by atoms with Gasteiger partial charge in [0.2, 0.25) is 5.91 Å². The molecule has 0 spiro atoms. The second-order valence-electron chi connectivity index (χ2n) is 3.59. The van der Waals surface area contributed by atoms with Gasteiger partial charge in [-0.1, -0.05) is 0 Å². The van der Waals surface area contributed by atoms with Gasteiger partial charge in [-0.2, -0.15) is 0 Å². The molecule has 0 saturated heterocycles. The lowest BCUT2D eigenvalue weighted by Gasteiger charge is -2.08. The number of carbonyl (C=O) groups excluding carboxylic acids is 2. The molecule has 2 amide bonds. The van der Waals surface area contributed by atoms with Crippen LogP contribution >= 0.6 is 0 Å². The lowest BCUT2D eigenvalue weighted by molar-refractivity contribution is -0.120. The summed E-state index contributed by atoms with van der Waals surface area (Å²) in [5, 5.41) is 5.09. The molecule has 0 aliphatic carbocycles. The van der Waals surface area contributed by atoms with E-state index in [-0.39, 0.29) is 18.4 Å². The van der Waals surface area contributed by atoms with Crippen molar-refractivity contribution in [1.29, 1.82) is 0 Å². The molecule has 0 aliphatic rings. The number of rotatable bonds is 5. The lowest BCUT2D eigenvalue weighted by Crippen LogP contribution is -2.36. The van der Waals surface area contributed by atoms with Gasteiger partial charge in [-0.15, -0.1) is 0 Å². The van der Waals surface area contributed by atoms with Crippen molar-refractivity contribution < 1.29 is 14.3 Å². The number of benzene rings is 1. The van der Waals surface area contributed by atoms with Crippen molar-refractivity contribution >= 4 is 17.5 Å². The van der Waals surface area contributed by atoms with Gasteiger partial charge >= 0.3 is 0 Å². The minimum absolute atomic E-state index is 0.0562. The molecule has 1 rings (SSSR count). The summed E-state index contributed by atoms with van der Waals surface area (Å²) in [6, 6.07) is 4.69. The minimum atomic E-state index is -0.348. The number of methoxy groups -OCH3 is 1. The van der Waals surface area contributed by atoms with Gasteiger partial charge in [0.15, 0.2) is 0 Å². The largest absolute Gasteiger partial charge is 0.495 e. The Morgan fingerprint density at radius 3 is 2.67 bits per heavy atom. The highest BCUT2D eigenvalue weighted by molar-refractivity contribution is 5.97. The third-order valence-corrected chi connectivity index (χ3v) is 2.28. The number of ether oxygens (including phenoxy) is 1. The van der Waals surface area contributed by atoms with E-state index in [1.165, 1.54) is 13.2 Å². The average molecular weight is 251 g/mol. The van der Waals surface area contributed by atoms with Crippen LogP contribution in [0.25, 0.3) is 0 Å². The maximum Gasteiger partial charge on any atom is 0.251 e. The first kappa shape index (κ1) is 13.8. The van der Waals surface area contributed by atoms with Crippen LogP contribution in [0.1, 0.15) is 17.3 Å². The highest BCUT2D eigenvalue weighted by Crippen LogP contribution is 2.21. The number of nitrogens with one attached hydrogen (secondary N) is 2. The summed E-state index contributed by atoms with van der Waals surface area (Å²) in [7, 11) is 1.47. The summed E-state index contributed by atoms with van der Waals surface area (Å²) >= 11 is 0. The molecule has 0 atom stereocenters. The Kier molecular flexibility index (Phi) is 4.98. The van der Waals surface area contributed by atoms with Crippen LogP contribution in [0.4, 0.5) is 5.69 Å². The molecule has 18 heavy (non-hydrogen) atoms. The number of likely N-dealkylation sites (N-methyl/N-ethyl adjacent to an activating group) is 1. The van der Waals surface area contributed by atoms with Crippen molar-refractivity contribution in [2.24, 2.45) is 0 Å². The van der Waals surface area contributed by atoms with Crippen LogP contribution in [-0.2, 0) is 4.79 Å². The SMILES string of the molecule is CCNC(=O)CNC(=O)c1ccc(N)c(OC)c1. The molecule has 0 aromatic heterocycles. The molecule has 0 unspecified atom stereocenters. The van der Waals surface area contributed by atoms with Crippen molar-refractivity contribution in [1.82, 2.24) is 10.6 Å². The number of hydrogen-bond acceptors (Lipinski definition) is 4. The molecule has 6 heteroatoms. The van der Waals surface area contributed by atoms with E-state index in [1.54, 1.807) is 12.1 Å². The van der Waals surface area contributed by atoms with Gasteiger partial charge in [0.1, 0.15) is 5.75 Å². The standard InChI is InChI=1S/C12H17N3O3/c1-3-14-11(16)7-15-12(17)8-4-5-9(13)10(6-8)18-2/h4-6H,3,7,13H2,1-2H3,(H,14,16)(H,15,17). The average Bonchev–Trinajstić information content (AvgIpc) is 2.37. The monoisotopic (exact) mass is 251 g/mol. The number of amides is 2. The van der Waals surface area contributed by atoms with E-state index in [0.717, 1.165) is 0 Å². The molecule has 1 aromatic rings. The van der Waals surface area contributed by atoms with Crippen LogP contribution in [0.15, 0.2) is 18.2 Å². The topological polar surface area (TPSA) is 93.5 Å². The van der Waals surface area contributed by atoms with Gasteiger partial charge in [0, 0.05) is 12.1 Å². The Labute approximate surface area is 105 Å². The Morgan fingerprint density at radius 2 is 2.06 bits per heavy atom. The van der Waals surface area contributed by atoms with Crippen molar-refractivity contribution in [3.63, 3.8) is 0 Å². The van der Waals surface area contributed by atoms with E-state index in [9.17, 15) is 9.59 Å². The predicted molar refractivity (Wildman–Crippen MR) is 68.4 cm³/mol. The highest BCUT2D eigenvalue weighted by Gasteiger charge is 2.09. The summed E-state index contributed by atoms with van der Waals surface area (Å²) in [4.78, 5) is 22.9. The van der Waals surface area contributed by atoms with Crippen LogP contribution in [0.3, 0.4) is 0 Å². The minimum Gasteiger partial charge on any atom is -0.495 e. The Morgan fingerprint density at radius 1 is 1.33 bits per heavy atom. The summed E-state index contributed by atoms with van der Waals surface area (Å²) < 4.78 is 5.02. The molecular formula is C12H17N3O3. The predicted octanol–water partition coefficient (Wildman–Crippen LogP) is 0.143. The fourth-order valence-electron chi connectivity index (χ4n) is 1.37. The Balaban J connectivity index is 2.64. The molecule has 1 aromatic carbocycles. The van der Waals surface area contributed by atoms with E-state index in [0.29, 0.717) is 23.5 Å². The van der Waals surface area contributed by atoms with Crippen LogP contribution in [0.5, 0.6) is 5.75 Å². The zero-order valence-electron chi connectivity index (χ0n) is 10.4. The van der Waals surface area contributed by atoms with Crippen molar-refractivity contribution in [2.45, 2.75) is 6.92 Å². The summed E-state index contributed by atoms with van der Waals surface area (Å²) in [5.41, 5.74) is 6.49. The second kappa shape index (κ2) is 6.48. The van der Waals surface area contributed by atoms with Gasteiger partial charge in [-0.3, -0.25) is 9.59 Å². The molecule has 0 fully saturated rings. The first-order valence-electron chi connectivity index (χ1n) is 5.57. The quantitative estimate of drug-likeness (QED) is 0.649. The number of nitrogen functional groups attached to an aromatic ring is 1. The Hall–Kier alpha value is -2.24. The zero-order chi connectivity index (χ0) is 13.5. The van der Waals surface area contributed by atoms with Gasteiger partial charge in [0.25, 0.3) is 5.91 Å². The van der Waals surface area contributed by atoms with E-state index in [4.69, 9.17) is 10.5 Å². The van der Waals surface area contributed by atoms with E-state index >= 15 is 0 Å². The van der Waals surface area contributed by atoms with Crippen molar-refractivity contribution in [2.75, 3.05) is 25.9 Å². The highest BCUT2D eigenvalue weighted by atomic mass is 16.5. The molecule has 0 aliphatic heterocycles. The zero-order valence-corrected chi connectivity index (χ0v) is 10.4. The normalized spacial score (nSPS) is 9.67. The fourth-order valence-corrected chi connectivity index (χ4v) is 1.37. The first-order valence-corrected chi connectivity index (χ1v) is 5.57. The number of hydrogen-bond donors (Lipinski definition) is 3. The van der Waals surface area contributed by atoms with Gasteiger partial charge in [-0.25, -0.2) is 0 Å². The summed E-state index contributed by atoms with van der Waals surface area (Å²) in [5.74, 6) is -0.145. The maximum absolute atomic E-state index is 11.7. The third-order valence-electron chi connectivity index (χ3n) is 2.28. The number of nitrogens with two attached hydrogens (primary N) is 1. The van der Waals surface area contributed by atoms with Crippen molar-refractivity contribution in [3.05, 3.63) is 23.8 Å². The molecule has 0 heterocycles. The molecule has 0 saturated carbocycles. The summed E-state index contributed by atoms with van der Waals surface area (Å²) in [6.45, 7) is 2.29. The van der Waals surface area contributed by atoms with Crippen LogP contribution in [0, 0.1) is 0 Å². The maximum atomic E-state index is 11.7. The number of anilines is 1. The van der Waals surface area contributed by atoms with E-state index in [2.05, 4.69) is 10.6 Å².